The van der Waals surface area contributed by atoms with Crippen LogP contribution in [0.1, 0.15) is 18.4 Å². The minimum absolute atomic E-state index is 0.171. The third-order valence-corrected chi connectivity index (χ3v) is 2.59. The average molecular weight is 284 g/mol. The zero-order valence-electron chi connectivity index (χ0n) is 10.9. The lowest BCUT2D eigenvalue weighted by Gasteiger charge is -2.20. The van der Waals surface area contributed by atoms with Crippen molar-refractivity contribution in [1.29, 1.82) is 0 Å². The van der Waals surface area contributed by atoms with Crippen molar-refractivity contribution in [1.82, 2.24) is 10.2 Å². The van der Waals surface area contributed by atoms with E-state index in [2.05, 4.69) is 5.32 Å². The summed E-state index contributed by atoms with van der Waals surface area (Å²) in [6.45, 7) is 0.258. The van der Waals surface area contributed by atoms with Gasteiger partial charge < -0.3 is 24.8 Å². The zero-order valence-corrected chi connectivity index (χ0v) is 10.9. The summed E-state index contributed by atoms with van der Waals surface area (Å²) in [6.07, 6.45) is 2.44. The Morgan fingerprint density at radius 1 is 1.40 bits per heavy atom. The molecule has 0 saturated heterocycles. The van der Waals surface area contributed by atoms with E-state index in [0.29, 0.717) is 0 Å². The molecule has 110 valence electrons. The van der Waals surface area contributed by atoms with Gasteiger partial charge in [0.2, 0.25) is 0 Å². The molecule has 0 aliphatic carbocycles. The van der Waals surface area contributed by atoms with Crippen molar-refractivity contribution in [2.45, 2.75) is 25.4 Å². The highest BCUT2D eigenvalue weighted by Crippen LogP contribution is 2.05. The van der Waals surface area contributed by atoms with E-state index in [-0.39, 0.29) is 19.4 Å². The highest BCUT2D eigenvalue weighted by atomic mass is 16.4. The number of urea groups is 1. The van der Waals surface area contributed by atoms with Crippen LogP contribution < -0.4 is 5.32 Å². The molecule has 0 saturated carbocycles. The molecule has 8 heteroatoms. The lowest BCUT2D eigenvalue weighted by molar-refractivity contribution is -0.140. The van der Waals surface area contributed by atoms with Crippen molar-refractivity contribution < 1.29 is 29.0 Å². The second kappa shape index (κ2) is 7.17. The largest absolute Gasteiger partial charge is 0.481 e. The Kier molecular flexibility index (Phi) is 5.57. The van der Waals surface area contributed by atoms with E-state index in [1.54, 1.807) is 6.07 Å². The average Bonchev–Trinajstić information content (AvgIpc) is 2.86. The number of nitrogens with one attached hydrogen (secondary N) is 1. The van der Waals surface area contributed by atoms with Crippen molar-refractivity contribution in [3.05, 3.63) is 24.2 Å². The highest BCUT2D eigenvalue weighted by molar-refractivity contribution is 5.82. The molecular weight excluding hydrogens is 268 g/mol. The number of rotatable bonds is 7. The molecule has 0 spiro atoms. The summed E-state index contributed by atoms with van der Waals surface area (Å²) >= 11 is 0. The van der Waals surface area contributed by atoms with Crippen LogP contribution in [0.15, 0.2) is 23.0 Å². The molecule has 0 aromatic carbocycles. The van der Waals surface area contributed by atoms with Crippen molar-refractivity contribution in [2.75, 3.05) is 7.05 Å². The fourth-order valence-corrected chi connectivity index (χ4v) is 1.51. The second-order valence-electron chi connectivity index (χ2n) is 4.26. The number of carbonyl (C=O) groups is 3. The van der Waals surface area contributed by atoms with E-state index in [1.165, 1.54) is 24.5 Å². The van der Waals surface area contributed by atoms with E-state index in [0.717, 1.165) is 5.56 Å². The highest BCUT2D eigenvalue weighted by Gasteiger charge is 2.22. The van der Waals surface area contributed by atoms with Crippen LogP contribution in [0, 0.1) is 0 Å². The SMILES string of the molecule is CN(Cc1ccoc1)C(=O)N[C@@H](CCC(=O)O)C(=O)O. The van der Waals surface area contributed by atoms with Crippen molar-refractivity contribution in [3.8, 4) is 0 Å². The lowest BCUT2D eigenvalue weighted by Crippen LogP contribution is -2.46. The lowest BCUT2D eigenvalue weighted by atomic mass is 10.1. The van der Waals surface area contributed by atoms with Gasteiger partial charge in [0.15, 0.2) is 0 Å². The zero-order chi connectivity index (χ0) is 15.1. The summed E-state index contributed by atoms with van der Waals surface area (Å²) in [7, 11) is 1.50. The Balaban J connectivity index is 2.52. The smallest absolute Gasteiger partial charge is 0.326 e. The fraction of sp³-hybridized carbons (Fsp3) is 0.417. The topological polar surface area (TPSA) is 120 Å². The molecule has 3 N–H and O–H groups in total. The minimum atomic E-state index is -1.27. The normalized spacial score (nSPS) is 11.7. The Hall–Kier alpha value is -2.51. The van der Waals surface area contributed by atoms with Crippen molar-refractivity contribution >= 4 is 18.0 Å². The Morgan fingerprint density at radius 2 is 2.10 bits per heavy atom. The maximum Gasteiger partial charge on any atom is 0.326 e. The van der Waals surface area contributed by atoms with E-state index in [9.17, 15) is 14.4 Å². The molecule has 8 nitrogen and oxygen atoms in total. The summed E-state index contributed by atoms with van der Waals surface area (Å²) in [4.78, 5) is 34.5. The van der Waals surface area contributed by atoms with Gasteiger partial charge in [-0.3, -0.25) is 4.79 Å². The first-order valence-corrected chi connectivity index (χ1v) is 5.87. The van der Waals surface area contributed by atoms with E-state index in [1.807, 2.05) is 0 Å². The van der Waals surface area contributed by atoms with Crippen LogP contribution in [0.3, 0.4) is 0 Å². The van der Waals surface area contributed by atoms with Gasteiger partial charge in [0, 0.05) is 19.0 Å². The van der Waals surface area contributed by atoms with Gasteiger partial charge in [0.05, 0.1) is 19.1 Å². The van der Waals surface area contributed by atoms with Gasteiger partial charge in [-0.25, -0.2) is 9.59 Å². The molecule has 20 heavy (non-hydrogen) atoms. The molecule has 0 bridgehead atoms. The third kappa shape index (κ3) is 5.01. The standard InChI is InChI=1S/C12H16N2O6/c1-14(6-8-4-5-20-7-8)12(19)13-9(11(17)18)2-3-10(15)16/h4-5,7,9H,2-3,6H2,1H3,(H,13,19)(H,15,16)(H,17,18)/t9-/m0/s1. The molecular formula is C12H16N2O6. The molecule has 2 amide bonds. The third-order valence-electron chi connectivity index (χ3n) is 2.59. The molecule has 1 heterocycles. The van der Waals surface area contributed by atoms with E-state index < -0.39 is 24.0 Å². The van der Waals surface area contributed by atoms with Crippen LogP contribution >= 0.6 is 0 Å². The number of hydrogen-bond donors (Lipinski definition) is 3. The molecule has 0 aliphatic rings. The van der Waals surface area contributed by atoms with Gasteiger partial charge >= 0.3 is 18.0 Å². The monoisotopic (exact) mass is 284 g/mol. The molecule has 0 aliphatic heterocycles. The number of furan rings is 1. The van der Waals surface area contributed by atoms with Gasteiger partial charge in [-0.2, -0.15) is 0 Å². The molecule has 0 fully saturated rings. The first kappa shape index (κ1) is 15.5. The van der Waals surface area contributed by atoms with Crippen molar-refractivity contribution in [3.63, 3.8) is 0 Å². The van der Waals surface area contributed by atoms with E-state index in [4.69, 9.17) is 14.6 Å². The summed E-state index contributed by atoms with van der Waals surface area (Å²) < 4.78 is 4.86. The van der Waals surface area contributed by atoms with Gasteiger partial charge in [-0.15, -0.1) is 0 Å². The molecule has 0 radical (unpaired) electrons. The molecule has 1 aromatic rings. The van der Waals surface area contributed by atoms with E-state index >= 15 is 0 Å². The van der Waals surface area contributed by atoms with Crippen LogP contribution in [-0.2, 0) is 16.1 Å². The Labute approximate surface area is 115 Å². The van der Waals surface area contributed by atoms with Gasteiger partial charge in [0.1, 0.15) is 6.04 Å². The first-order chi connectivity index (χ1) is 9.40. The van der Waals surface area contributed by atoms with Crippen LogP contribution in [0.4, 0.5) is 4.79 Å². The predicted molar refractivity (Wildman–Crippen MR) is 67.0 cm³/mol. The number of carboxylic acid groups (broad SMARTS) is 2. The summed E-state index contributed by atoms with van der Waals surface area (Å²) in [5.74, 6) is -2.38. The van der Waals surface area contributed by atoms with Crippen LogP contribution in [0.25, 0.3) is 0 Å². The van der Waals surface area contributed by atoms with Gasteiger partial charge in [-0.1, -0.05) is 0 Å². The van der Waals surface area contributed by atoms with Gasteiger partial charge in [0.25, 0.3) is 0 Å². The number of amides is 2. The maximum atomic E-state index is 11.8. The molecule has 0 unspecified atom stereocenters. The predicted octanol–water partition coefficient (Wildman–Crippen LogP) is 0.739. The van der Waals surface area contributed by atoms with Crippen LogP contribution in [0.2, 0.25) is 0 Å². The van der Waals surface area contributed by atoms with Gasteiger partial charge in [-0.05, 0) is 12.5 Å². The number of carbonyl (C=O) groups excluding carboxylic acids is 1. The maximum absolute atomic E-state index is 11.8. The summed E-state index contributed by atoms with van der Waals surface area (Å²) in [5, 5.41) is 19.7. The summed E-state index contributed by atoms with van der Waals surface area (Å²) in [5.41, 5.74) is 0.764. The first-order valence-electron chi connectivity index (χ1n) is 5.87. The fourth-order valence-electron chi connectivity index (χ4n) is 1.51. The quantitative estimate of drug-likeness (QED) is 0.679. The molecule has 1 rings (SSSR count). The van der Waals surface area contributed by atoms with Crippen LogP contribution in [0.5, 0.6) is 0 Å². The minimum Gasteiger partial charge on any atom is -0.481 e. The number of aliphatic carboxylic acids is 2. The number of carboxylic acids is 2. The number of nitrogens with zero attached hydrogens (tertiary/aromatic N) is 1. The Bertz CT molecular complexity index is 470. The van der Waals surface area contributed by atoms with Crippen LogP contribution in [-0.4, -0.2) is 46.2 Å². The van der Waals surface area contributed by atoms with Crippen molar-refractivity contribution in [2.24, 2.45) is 0 Å². The second-order valence-corrected chi connectivity index (χ2v) is 4.26. The Morgan fingerprint density at radius 3 is 2.60 bits per heavy atom. The summed E-state index contributed by atoms with van der Waals surface area (Å²) in [6, 6.07) is -0.141. The molecule has 1 aromatic heterocycles. The number of hydrogen-bond acceptors (Lipinski definition) is 4. The molecule has 1 atom stereocenters.